The molecule has 0 amide bonds. The van der Waals surface area contributed by atoms with Crippen LogP contribution in [0.4, 0.5) is 8.78 Å². The molecule has 0 saturated carbocycles. The third kappa shape index (κ3) is 4.81. The van der Waals surface area contributed by atoms with Gasteiger partial charge in [-0.1, -0.05) is 18.5 Å². The van der Waals surface area contributed by atoms with E-state index in [1.165, 1.54) is 6.07 Å². The first-order valence-corrected chi connectivity index (χ1v) is 8.24. The molecule has 4 nitrogen and oxygen atoms in total. The van der Waals surface area contributed by atoms with Gasteiger partial charge in [0.1, 0.15) is 41.6 Å². The monoisotopic (exact) mass is 370 g/mol. The van der Waals surface area contributed by atoms with Crippen LogP contribution in [0, 0.1) is 11.6 Å². The van der Waals surface area contributed by atoms with Gasteiger partial charge in [-0.2, -0.15) is 0 Å². The molecule has 1 aliphatic rings. The largest absolute Gasteiger partial charge is 0.489 e. The Morgan fingerprint density at radius 3 is 2.52 bits per heavy atom. The third-order valence-corrected chi connectivity index (χ3v) is 3.84. The molecule has 1 saturated heterocycles. The quantitative estimate of drug-likeness (QED) is 0.721. The van der Waals surface area contributed by atoms with Crippen molar-refractivity contribution in [3.8, 4) is 17.2 Å². The predicted molar refractivity (Wildman–Crippen MR) is 88.3 cm³/mol. The lowest BCUT2D eigenvalue weighted by atomic mass is 10.3. The Morgan fingerprint density at radius 1 is 1.12 bits per heavy atom. The van der Waals surface area contributed by atoms with Crippen molar-refractivity contribution in [3.63, 3.8) is 0 Å². The highest BCUT2D eigenvalue weighted by atomic mass is 35.5. The number of ether oxygens (including phenoxy) is 4. The predicted octanol–water partition coefficient (Wildman–Crippen LogP) is 4.94. The molecule has 1 heterocycles. The van der Waals surface area contributed by atoms with Crippen molar-refractivity contribution in [1.82, 2.24) is 0 Å². The average Bonchev–Trinajstić information content (AvgIpc) is 3.01. The summed E-state index contributed by atoms with van der Waals surface area (Å²) in [6.45, 7) is 2.77. The molecule has 2 atom stereocenters. The zero-order chi connectivity index (χ0) is 17.8. The SMILES string of the molecule is CCC1OCC(COc2ccc(Oc3cc(F)cc(F)c3)cc2Cl)O1. The summed E-state index contributed by atoms with van der Waals surface area (Å²) < 4.78 is 48.5. The Kier molecular flexibility index (Phi) is 5.73. The first-order chi connectivity index (χ1) is 12.0. The van der Waals surface area contributed by atoms with E-state index in [0.717, 1.165) is 24.6 Å². The average molecular weight is 371 g/mol. The van der Waals surface area contributed by atoms with Crippen molar-refractivity contribution in [2.24, 2.45) is 0 Å². The van der Waals surface area contributed by atoms with Crippen LogP contribution < -0.4 is 9.47 Å². The van der Waals surface area contributed by atoms with Crippen LogP contribution in [0.15, 0.2) is 36.4 Å². The van der Waals surface area contributed by atoms with Crippen molar-refractivity contribution in [2.45, 2.75) is 25.7 Å². The molecule has 134 valence electrons. The van der Waals surface area contributed by atoms with Crippen LogP contribution in [-0.4, -0.2) is 25.6 Å². The number of halogens is 3. The fourth-order valence-electron chi connectivity index (χ4n) is 2.38. The molecule has 7 heteroatoms. The van der Waals surface area contributed by atoms with Crippen LogP contribution in [0.25, 0.3) is 0 Å². The van der Waals surface area contributed by atoms with E-state index in [4.69, 9.17) is 30.5 Å². The molecule has 2 aromatic rings. The van der Waals surface area contributed by atoms with Gasteiger partial charge in [0.15, 0.2) is 6.29 Å². The molecule has 2 aromatic carbocycles. The summed E-state index contributed by atoms with van der Waals surface area (Å²) in [6, 6.07) is 7.69. The van der Waals surface area contributed by atoms with Gasteiger partial charge < -0.3 is 18.9 Å². The highest BCUT2D eigenvalue weighted by Crippen LogP contribution is 2.32. The second-order valence-electron chi connectivity index (χ2n) is 5.54. The van der Waals surface area contributed by atoms with E-state index in [1.54, 1.807) is 12.1 Å². The maximum atomic E-state index is 13.2. The zero-order valence-corrected chi connectivity index (χ0v) is 14.3. The van der Waals surface area contributed by atoms with E-state index in [0.29, 0.717) is 29.7 Å². The van der Waals surface area contributed by atoms with Crippen LogP contribution in [0.3, 0.4) is 0 Å². The normalized spacial score (nSPS) is 19.8. The first-order valence-electron chi connectivity index (χ1n) is 7.87. The van der Waals surface area contributed by atoms with Gasteiger partial charge in [0.25, 0.3) is 0 Å². The van der Waals surface area contributed by atoms with Crippen molar-refractivity contribution in [2.75, 3.05) is 13.2 Å². The van der Waals surface area contributed by atoms with Gasteiger partial charge in [-0.3, -0.25) is 0 Å². The summed E-state index contributed by atoms with van der Waals surface area (Å²) in [6.07, 6.45) is 0.447. The zero-order valence-electron chi connectivity index (χ0n) is 13.5. The minimum Gasteiger partial charge on any atom is -0.489 e. The lowest BCUT2D eigenvalue weighted by Gasteiger charge is -2.13. The lowest BCUT2D eigenvalue weighted by molar-refractivity contribution is -0.0642. The Hall–Kier alpha value is -1.89. The number of hydrogen-bond donors (Lipinski definition) is 0. The Labute approximate surface area is 149 Å². The molecule has 25 heavy (non-hydrogen) atoms. The van der Waals surface area contributed by atoms with Crippen LogP contribution >= 0.6 is 11.6 Å². The van der Waals surface area contributed by atoms with Crippen molar-refractivity contribution in [3.05, 3.63) is 53.1 Å². The molecular formula is C18H17ClF2O4. The van der Waals surface area contributed by atoms with Gasteiger partial charge in [0.05, 0.1) is 11.6 Å². The molecule has 0 aliphatic carbocycles. The Bertz CT molecular complexity index is 721. The summed E-state index contributed by atoms with van der Waals surface area (Å²) in [7, 11) is 0. The number of hydrogen-bond acceptors (Lipinski definition) is 4. The Morgan fingerprint density at radius 2 is 1.88 bits per heavy atom. The second kappa shape index (κ2) is 7.99. The molecule has 1 aliphatic heterocycles. The van der Waals surface area contributed by atoms with Crippen molar-refractivity contribution >= 4 is 11.6 Å². The summed E-state index contributed by atoms with van der Waals surface area (Å²) in [5.74, 6) is -0.586. The summed E-state index contributed by atoms with van der Waals surface area (Å²) in [5.41, 5.74) is 0. The highest BCUT2D eigenvalue weighted by molar-refractivity contribution is 6.32. The maximum Gasteiger partial charge on any atom is 0.158 e. The van der Waals surface area contributed by atoms with Crippen LogP contribution in [0.5, 0.6) is 17.2 Å². The molecule has 3 rings (SSSR count). The van der Waals surface area contributed by atoms with Gasteiger partial charge >= 0.3 is 0 Å². The minimum atomic E-state index is -0.717. The van der Waals surface area contributed by atoms with E-state index in [2.05, 4.69) is 0 Å². The summed E-state index contributed by atoms with van der Waals surface area (Å²) in [4.78, 5) is 0. The van der Waals surface area contributed by atoms with Gasteiger partial charge in [0.2, 0.25) is 0 Å². The molecule has 0 aromatic heterocycles. The van der Waals surface area contributed by atoms with Gasteiger partial charge in [0, 0.05) is 24.3 Å². The molecule has 1 fully saturated rings. The smallest absolute Gasteiger partial charge is 0.158 e. The fraction of sp³-hybridized carbons (Fsp3) is 0.333. The van der Waals surface area contributed by atoms with Gasteiger partial charge in [-0.05, 0) is 18.6 Å². The second-order valence-corrected chi connectivity index (χ2v) is 5.95. The topological polar surface area (TPSA) is 36.9 Å². The molecule has 0 spiro atoms. The summed E-state index contributed by atoms with van der Waals surface area (Å²) >= 11 is 6.17. The van der Waals surface area contributed by atoms with Crippen LogP contribution in [0.1, 0.15) is 13.3 Å². The number of rotatable bonds is 6. The molecule has 0 radical (unpaired) electrons. The van der Waals surface area contributed by atoms with Crippen LogP contribution in [-0.2, 0) is 9.47 Å². The van der Waals surface area contributed by atoms with Gasteiger partial charge in [-0.15, -0.1) is 0 Å². The molecule has 2 unspecified atom stereocenters. The van der Waals surface area contributed by atoms with Gasteiger partial charge in [-0.25, -0.2) is 8.78 Å². The van der Waals surface area contributed by atoms with E-state index in [1.807, 2.05) is 6.92 Å². The van der Waals surface area contributed by atoms with E-state index in [9.17, 15) is 8.78 Å². The minimum absolute atomic E-state index is 0.0457. The maximum absolute atomic E-state index is 13.2. The summed E-state index contributed by atoms with van der Waals surface area (Å²) in [5, 5.41) is 0.320. The fourth-order valence-corrected chi connectivity index (χ4v) is 2.60. The van der Waals surface area contributed by atoms with E-state index >= 15 is 0 Å². The first kappa shape index (κ1) is 17.9. The van der Waals surface area contributed by atoms with Crippen molar-refractivity contribution < 1.29 is 27.7 Å². The third-order valence-electron chi connectivity index (χ3n) is 3.55. The van der Waals surface area contributed by atoms with Crippen molar-refractivity contribution in [1.29, 1.82) is 0 Å². The van der Waals surface area contributed by atoms with Crippen LogP contribution in [0.2, 0.25) is 5.02 Å². The Balaban J connectivity index is 1.60. The molecule has 0 N–H and O–H groups in total. The van der Waals surface area contributed by atoms with E-state index in [-0.39, 0.29) is 18.1 Å². The molecular weight excluding hydrogens is 354 g/mol. The highest BCUT2D eigenvalue weighted by Gasteiger charge is 2.25. The van der Waals surface area contributed by atoms with E-state index < -0.39 is 11.6 Å². The number of benzene rings is 2. The molecule has 0 bridgehead atoms. The standard InChI is InChI=1S/C18H17ClF2O4/c1-2-18-23-10-15(25-18)9-22-17-4-3-13(8-16(17)19)24-14-6-11(20)5-12(21)7-14/h3-8,15,18H,2,9-10H2,1H3. The lowest BCUT2D eigenvalue weighted by Crippen LogP contribution is -2.20.